The summed E-state index contributed by atoms with van der Waals surface area (Å²) in [5.41, 5.74) is 0.773. The number of benzene rings is 1. The summed E-state index contributed by atoms with van der Waals surface area (Å²) >= 11 is 0. The number of aliphatic carboxylic acids is 1. The standard InChI is InChI=1S/C16H21NO3/c1-11-5-4-6-12(9-11)16(7-8-16)13(18)17-10-15(2,3)14(19)20/h4-6,9H,7-8,10H2,1-3H3,(H,17,18)(H,19,20). The van der Waals surface area contributed by atoms with Gasteiger partial charge in [-0.1, -0.05) is 29.8 Å². The van der Waals surface area contributed by atoms with Gasteiger partial charge in [-0.2, -0.15) is 0 Å². The molecule has 108 valence electrons. The third-order valence-corrected chi connectivity index (χ3v) is 4.03. The quantitative estimate of drug-likeness (QED) is 0.866. The summed E-state index contributed by atoms with van der Waals surface area (Å²) in [5, 5.41) is 11.9. The highest BCUT2D eigenvalue weighted by Gasteiger charge is 2.51. The van der Waals surface area contributed by atoms with Crippen LogP contribution in [0.5, 0.6) is 0 Å². The zero-order valence-corrected chi connectivity index (χ0v) is 12.2. The average molecular weight is 275 g/mol. The van der Waals surface area contributed by atoms with Gasteiger partial charge < -0.3 is 10.4 Å². The van der Waals surface area contributed by atoms with E-state index in [9.17, 15) is 9.59 Å². The van der Waals surface area contributed by atoms with Gasteiger partial charge in [0.15, 0.2) is 0 Å². The van der Waals surface area contributed by atoms with E-state index < -0.39 is 16.8 Å². The second-order valence-corrected chi connectivity index (χ2v) is 6.32. The van der Waals surface area contributed by atoms with Crippen LogP contribution in [-0.2, 0) is 15.0 Å². The fourth-order valence-corrected chi connectivity index (χ4v) is 2.26. The molecule has 1 fully saturated rings. The lowest BCUT2D eigenvalue weighted by atomic mass is 9.91. The molecule has 0 spiro atoms. The Kier molecular flexibility index (Phi) is 3.59. The number of amides is 1. The van der Waals surface area contributed by atoms with Gasteiger partial charge in [-0.3, -0.25) is 9.59 Å². The first-order valence-electron chi connectivity index (χ1n) is 6.87. The Morgan fingerprint density at radius 3 is 2.50 bits per heavy atom. The third kappa shape index (κ3) is 2.69. The van der Waals surface area contributed by atoms with E-state index in [0.29, 0.717) is 0 Å². The van der Waals surface area contributed by atoms with E-state index in [4.69, 9.17) is 5.11 Å². The zero-order valence-electron chi connectivity index (χ0n) is 12.2. The summed E-state index contributed by atoms with van der Waals surface area (Å²) in [6.45, 7) is 5.38. The van der Waals surface area contributed by atoms with Crippen LogP contribution in [0.15, 0.2) is 24.3 Å². The van der Waals surface area contributed by atoms with Crippen molar-refractivity contribution < 1.29 is 14.7 Å². The molecular formula is C16H21NO3. The van der Waals surface area contributed by atoms with Gasteiger partial charge in [0.25, 0.3) is 0 Å². The first-order chi connectivity index (χ1) is 9.28. The molecular weight excluding hydrogens is 254 g/mol. The van der Waals surface area contributed by atoms with Gasteiger partial charge in [0.2, 0.25) is 5.91 Å². The number of hydrogen-bond donors (Lipinski definition) is 2. The molecule has 0 saturated heterocycles. The summed E-state index contributed by atoms with van der Waals surface area (Å²) in [4.78, 5) is 23.5. The van der Waals surface area contributed by atoms with Crippen LogP contribution in [0, 0.1) is 12.3 Å². The van der Waals surface area contributed by atoms with Gasteiger partial charge in [0.05, 0.1) is 10.8 Å². The van der Waals surface area contributed by atoms with Crippen molar-refractivity contribution in [2.45, 2.75) is 39.0 Å². The van der Waals surface area contributed by atoms with Crippen LogP contribution >= 0.6 is 0 Å². The second-order valence-electron chi connectivity index (χ2n) is 6.32. The summed E-state index contributed by atoms with van der Waals surface area (Å²) in [6, 6.07) is 7.97. The van der Waals surface area contributed by atoms with Crippen molar-refractivity contribution in [3.63, 3.8) is 0 Å². The third-order valence-electron chi connectivity index (χ3n) is 4.03. The van der Waals surface area contributed by atoms with Crippen molar-refractivity contribution in [1.82, 2.24) is 5.32 Å². The van der Waals surface area contributed by atoms with Crippen molar-refractivity contribution >= 4 is 11.9 Å². The fraction of sp³-hybridized carbons (Fsp3) is 0.500. The van der Waals surface area contributed by atoms with Gasteiger partial charge in [0, 0.05) is 6.54 Å². The Labute approximate surface area is 119 Å². The normalized spacial score (nSPS) is 16.6. The highest BCUT2D eigenvalue weighted by atomic mass is 16.4. The SMILES string of the molecule is Cc1cccc(C2(C(=O)NCC(C)(C)C(=O)O)CC2)c1. The number of aryl methyl sites for hydroxylation is 1. The number of carbonyl (C=O) groups is 2. The van der Waals surface area contributed by atoms with Crippen LogP contribution in [0.2, 0.25) is 0 Å². The van der Waals surface area contributed by atoms with Crippen LogP contribution in [0.3, 0.4) is 0 Å². The van der Waals surface area contributed by atoms with E-state index in [1.54, 1.807) is 13.8 Å². The second kappa shape index (κ2) is 4.93. The zero-order chi connectivity index (χ0) is 15.0. The van der Waals surface area contributed by atoms with Crippen LogP contribution in [0.4, 0.5) is 0 Å². The highest BCUT2D eigenvalue weighted by molar-refractivity contribution is 5.91. The Morgan fingerprint density at radius 2 is 2.00 bits per heavy atom. The lowest BCUT2D eigenvalue weighted by Crippen LogP contribution is -2.43. The van der Waals surface area contributed by atoms with E-state index in [1.165, 1.54) is 0 Å². The molecule has 1 aliphatic rings. The summed E-state index contributed by atoms with van der Waals surface area (Å²) < 4.78 is 0. The van der Waals surface area contributed by atoms with Gasteiger partial charge in [0.1, 0.15) is 0 Å². The summed E-state index contributed by atoms with van der Waals surface area (Å²) in [5.74, 6) is -0.962. The van der Waals surface area contributed by atoms with Crippen LogP contribution in [0.25, 0.3) is 0 Å². The lowest BCUT2D eigenvalue weighted by Gasteiger charge is -2.22. The molecule has 0 unspecified atom stereocenters. The van der Waals surface area contributed by atoms with E-state index in [2.05, 4.69) is 5.32 Å². The van der Waals surface area contributed by atoms with Crippen molar-refractivity contribution in [3.05, 3.63) is 35.4 Å². The molecule has 0 aliphatic heterocycles. The van der Waals surface area contributed by atoms with E-state index in [1.807, 2.05) is 31.2 Å². The lowest BCUT2D eigenvalue weighted by molar-refractivity contribution is -0.146. The van der Waals surface area contributed by atoms with Gasteiger partial charge >= 0.3 is 5.97 Å². The average Bonchev–Trinajstić information content (AvgIpc) is 3.17. The summed E-state index contributed by atoms with van der Waals surface area (Å²) in [7, 11) is 0. The molecule has 1 saturated carbocycles. The molecule has 0 atom stereocenters. The molecule has 1 aromatic rings. The topological polar surface area (TPSA) is 66.4 Å². The minimum absolute atomic E-state index is 0.0579. The van der Waals surface area contributed by atoms with E-state index in [0.717, 1.165) is 24.0 Å². The highest BCUT2D eigenvalue weighted by Crippen LogP contribution is 2.48. The number of rotatable bonds is 5. The number of carboxylic acids is 1. The molecule has 4 nitrogen and oxygen atoms in total. The molecule has 2 rings (SSSR count). The maximum absolute atomic E-state index is 12.4. The smallest absolute Gasteiger partial charge is 0.310 e. The predicted molar refractivity (Wildman–Crippen MR) is 76.5 cm³/mol. The predicted octanol–water partition coefficient (Wildman–Crippen LogP) is 2.25. The van der Waals surface area contributed by atoms with E-state index >= 15 is 0 Å². The van der Waals surface area contributed by atoms with Gasteiger partial charge in [-0.05, 0) is 39.2 Å². The molecule has 4 heteroatoms. The molecule has 1 aliphatic carbocycles. The Balaban J connectivity index is 2.08. The Bertz CT molecular complexity index is 544. The molecule has 20 heavy (non-hydrogen) atoms. The summed E-state index contributed by atoms with van der Waals surface area (Å²) in [6.07, 6.45) is 1.66. The molecule has 0 heterocycles. The number of carboxylic acid groups (broad SMARTS) is 1. The number of nitrogens with one attached hydrogen (secondary N) is 1. The molecule has 1 amide bonds. The minimum Gasteiger partial charge on any atom is -0.481 e. The molecule has 0 aromatic heterocycles. The van der Waals surface area contributed by atoms with Crippen molar-refractivity contribution in [2.75, 3.05) is 6.54 Å². The maximum Gasteiger partial charge on any atom is 0.310 e. The molecule has 0 bridgehead atoms. The fourth-order valence-electron chi connectivity index (χ4n) is 2.26. The van der Waals surface area contributed by atoms with Crippen molar-refractivity contribution in [3.8, 4) is 0 Å². The van der Waals surface area contributed by atoms with E-state index in [-0.39, 0.29) is 12.5 Å². The number of carbonyl (C=O) groups excluding carboxylic acids is 1. The van der Waals surface area contributed by atoms with Gasteiger partial charge in [-0.15, -0.1) is 0 Å². The van der Waals surface area contributed by atoms with Crippen molar-refractivity contribution in [2.24, 2.45) is 5.41 Å². The van der Waals surface area contributed by atoms with Crippen LogP contribution in [-0.4, -0.2) is 23.5 Å². The Morgan fingerprint density at radius 1 is 1.35 bits per heavy atom. The van der Waals surface area contributed by atoms with Gasteiger partial charge in [-0.25, -0.2) is 0 Å². The number of hydrogen-bond acceptors (Lipinski definition) is 2. The van der Waals surface area contributed by atoms with Crippen LogP contribution < -0.4 is 5.32 Å². The monoisotopic (exact) mass is 275 g/mol. The molecule has 0 radical (unpaired) electrons. The minimum atomic E-state index is -0.946. The first-order valence-corrected chi connectivity index (χ1v) is 6.87. The molecule has 2 N–H and O–H groups in total. The molecule has 1 aromatic carbocycles. The largest absolute Gasteiger partial charge is 0.481 e. The first kappa shape index (κ1) is 14.6. The maximum atomic E-state index is 12.4. The van der Waals surface area contributed by atoms with Crippen molar-refractivity contribution in [1.29, 1.82) is 0 Å². The Hall–Kier alpha value is -1.84. The van der Waals surface area contributed by atoms with Crippen LogP contribution in [0.1, 0.15) is 37.8 Å².